The third kappa shape index (κ3) is 2.43. The van der Waals surface area contributed by atoms with Crippen LogP contribution in [0.25, 0.3) is 21.8 Å². The number of rotatable bonds is 2. The molecular formula is C13H5BrClN3O5. The van der Waals surface area contributed by atoms with Crippen molar-refractivity contribution in [2.45, 2.75) is 0 Å². The minimum atomic E-state index is -0.700. The Morgan fingerprint density at radius 3 is 2.26 bits per heavy atom. The highest BCUT2D eigenvalue weighted by molar-refractivity contribution is 9.10. The van der Waals surface area contributed by atoms with E-state index in [1.165, 1.54) is 18.2 Å². The number of benzene rings is 2. The molecule has 8 nitrogen and oxygen atoms in total. The van der Waals surface area contributed by atoms with Crippen molar-refractivity contribution < 1.29 is 9.85 Å². The second kappa shape index (κ2) is 5.28. The lowest BCUT2D eigenvalue weighted by molar-refractivity contribution is -0.384. The molecule has 0 aliphatic carbocycles. The number of aromatic nitrogens is 1. The summed E-state index contributed by atoms with van der Waals surface area (Å²) in [5.74, 6) is 0. The number of aromatic amines is 1. The largest absolute Gasteiger partial charge is 0.349 e. The molecule has 0 bridgehead atoms. The summed E-state index contributed by atoms with van der Waals surface area (Å²) in [4.78, 5) is 36.1. The van der Waals surface area contributed by atoms with Crippen molar-refractivity contribution in [1.29, 1.82) is 0 Å². The molecule has 116 valence electrons. The van der Waals surface area contributed by atoms with Crippen LogP contribution in [0, 0.1) is 20.2 Å². The minimum Gasteiger partial charge on any atom is -0.349 e. The number of hydrogen-bond acceptors (Lipinski definition) is 5. The van der Waals surface area contributed by atoms with Crippen LogP contribution in [0.4, 0.5) is 11.4 Å². The molecule has 10 heteroatoms. The highest BCUT2D eigenvalue weighted by Crippen LogP contribution is 2.32. The van der Waals surface area contributed by atoms with Gasteiger partial charge in [0.2, 0.25) is 0 Å². The van der Waals surface area contributed by atoms with Gasteiger partial charge < -0.3 is 4.98 Å². The normalized spacial score (nSPS) is 11.0. The first kappa shape index (κ1) is 15.4. The van der Waals surface area contributed by atoms with E-state index in [-0.39, 0.29) is 32.5 Å². The second-order valence-electron chi connectivity index (χ2n) is 4.67. The lowest BCUT2D eigenvalue weighted by Crippen LogP contribution is -2.07. The molecule has 3 rings (SSSR count). The molecule has 0 saturated heterocycles. The van der Waals surface area contributed by atoms with E-state index in [1.807, 2.05) is 0 Å². The molecule has 1 aromatic heterocycles. The van der Waals surface area contributed by atoms with E-state index in [9.17, 15) is 25.0 Å². The number of nitro groups is 2. The maximum atomic E-state index is 12.6. The molecule has 3 aromatic rings. The highest BCUT2D eigenvalue weighted by Gasteiger charge is 2.20. The van der Waals surface area contributed by atoms with Gasteiger partial charge in [0, 0.05) is 16.6 Å². The zero-order valence-corrected chi connectivity index (χ0v) is 13.3. The number of pyridine rings is 1. The number of H-pyrrole nitrogens is 1. The summed E-state index contributed by atoms with van der Waals surface area (Å²) in [6.07, 6.45) is 0. The fourth-order valence-electron chi connectivity index (χ4n) is 2.32. The van der Waals surface area contributed by atoms with Gasteiger partial charge in [-0.15, -0.1) is 0 Å². The van der Waals surface area contributed by atoms with Crippen LogP contribution in [-0.2, 0) is 0 Å². The zero-order valence-electron chi connectivity index (χ0n) is 11.0. The number of hydrogen-bond donors (Lipinski definition) is 1. The summed E-state index contributed by atoms with van der Waals surface area (Å²) < 4.78 is 0.352. The molecule has 2 aromatic carbocycles. The zero-order chi connectivity index (χ0) is 16.9. The average Bonchev–Trinajstić information content (AvgIpc) is 2.46. The fraction of sp³-hybridized carbons (Fsp3) is 0. The van der Waals surface area contributed by atoms with Crippen molar-refractivity contribution in [3.63, 3.8) is 0 Å². The molecule has 0 aliphatic heterocycles. The van der Waals surface area contributed by atoms with Gasteiger partial charge in [0.25, 0.3) is 11.4 Å². The Hall–Kier alpha value is -2.52. The number of nitrogens with zero attached hydrogens (tertiary/aromatic N) is 2. The summed E-state index contributed by atoms with van der Waals surface area (Å²) in [7, 11) is 0. The smallest absolute Gasteiger partial charge is 0.294 e. The van der Waals surface area contributed by atoms with E-state index in [2.05, 4.69) is 20.9 Å². The highest BCUT2D eigenvalue weighted by atomic mass is 79.9. The van der Waals surface area contributed by atoms with Gasteiger partial charge >= 0.3 is 0 Å². The molecule has 0 radical (unpaired) electrons. The van der Waals surface area contributed by atoms with Crippen LogP contribution < -0.4 is 5.43 Å². The number of nitrogens with one attached hydrogen (secondary N) is 1. The van der Waals surface area contributed by atoms with Crippen LogP contribution in [0.2, 0.25) is 5.02 Å². The van der Waals surface area contributed by atoms with Crippen LogP contribution in [0.3, 0.4) is 0 Å². The monoisotopic (exact) mass is 397 g/mol. The Labute approximate surface area is 140 Å². The SMILES string of the molecule is O=c1c2cc([N+](=O)[O-])c(Cl)cc2[nH]c2c([N+](=O)[O-])cc(Br)cc12. The van der Waals surface area contributed by atoms with Crippen LogP contribution in [0.1, 0.15) is 0 Å². The van der Waals surface area contributed by atoms with Gasteiger partial charge in [-0.3, -0.25) is 25.0 Å². The van der Waals surface area contributed by atoms with Gasteiger partial charge in [0.05, 0.1) is 26.1 Å². The molecule has 0 atom stereocenters. The first-order chi connectivity index (χ1) is 10.8. The fourth-order valence-corrected chi connectivity index (χ4v) is 3.00. The number of fused-ring (bicyclic) bond motifs is 2. The van der Waals surface area contributed by atoms with E-state index in [1.54, 1.807) is 0 Å². The van der Waals surface area contributed by atoms with E-state index >= 15 is 0 Å². The van der Waals surface area contributed by atoms with Crippen LogP contribution >= 0.6 is 27.5 Å². The van der Waals surface area contributed by atoms with E-state index in [0.717, 1.165) is 6.07 Å². The topological polar surface area (TPSA) is 119 Å². The third-order valence-corrected chi connectivity index (χ3v) is 4.07. The van der Waals surface area contributed by atoms with Crippen LogP contribution in [0.15, 0.2) is 33.5 Å². The summed E-state index contributed by atoms with van der Waals surface area (Å²) in [5, 5.41) is 22.0. The Balaban J connectivity index is 2.55. The van der Waals surface area contributed by atoms with Crippen molar-refractivity contribution in [3.05, 3.63) is 64.2 Å². The summed E-state index contributed by atoms with van der Waals surface area (Å²) in [6.45, 7) is 0. The van der Waals surface area contributed by atoms with Crippen molar-refractivity contribution in [2.24, 2.45) is 0 Å². The first-order valence-corrected chi connectivity index (χ1v) is 7.24. The van der Waals surface area contributed by atoms with Crippen LogP contribution in [0.5, 0.6) is 0 Å². The predicted octanol–water partition coefficient (Wildman–Crippen LogP) is 3.91. The van der Waals surface area contributed by atoms with Gasteiger partial charge in [-0.2, -0.15) is 0 Å². The molecule has 0 unspecified atom stereocenters. The van der Waals surface area contributed by atoms with Gasteiger partial charge in [-0.05, 0) is 12.1 Å². The van der Waals surface area contributed by atoms with E-state index < -0.39 is 21.0 Å². The number of halogens is 2. The Bertz CT molecular complexity index is 1080. The molecule has 0 saturated carbocycles. The van der Waals surface area contributed by atoms with Crippen molar-refractivity contribution in [2.75, 3.05) is 0 Å². The van der Waals surface area contributed by atoms with Crippen molar-refractivity contribution >= 4 is 60.7 Å². The van der Waals surface area contributed by atoms with Gasteiger partial charge in [-0.1, -0.05) is 27.5 Å². The lowest BCUT2D eigenvalue weighted by atomic mass is 10.1. The Morgan fingerprint density at radius 1 is 1.00 bits per heavy atom. The minimum absolute atomic E-state index is 0.0284. The standard InChI is InChI=1S/C13H5BrClN3O5/c14-5-1-7-12(11(2-5)18(22)23)16-9-4-8(15)10(17(20)21)3-6(9)13(7)19/h1-4H,(H,16,19). The molecular weight excluding hydrogens is 394 g/mol. The molecule has 0 aliphatic rings. The molecule has 1 N–H and O–H groups in total. The quantitative estimate of drug-likeness (QED) is 0.399. The number of nitro benzene ring substituents is 2. The molecule has 23 heavy (non-hydrogen) atoms. The maximum Gasteiger partial charge on any atom is 0.294 e. The Morgan fingerprint density at radius 2 is 1.65 bits per heavy atom. The lowest BCUT2D eigenvalue weighted by Gasteiger charge is -2.05. The van der Waals surface area contributed by atoms with Crippen molar-refractivity contribution in [1.82, 2.24) is 4.98 Å². The maximum absolute atomic E-state index is 12.6. The van der Waals surface area contributed by atoms with Crippen molar-refractivity contribution in [3.8, 4) is 0 Å². The van der Waals surface area contributed by atoms with E-state index in [0.29, 0.717) is 4.47 Å². The van der Waals surface area contributed by atoms with E-state index in [4.69, 9.17) is 11.6 Å². The first-order valence-electron chi connectivity index (χ1n) is 6.07. The summed E-state index contributed by atoms with van der Waals surface area (Å²) >= 11 is 8.94. The molecule has 0 fully saturated rings. The summed E-state index contributed by atoms with van der Waals surface area (Å²) in [6, 6.07) is 4.95. The molecule has 0 spiro atoms. The van der Waals surface area contributed by atoms with Gasteiger partial charge in [0.15, 0.2) is 5.43 Å². The predicted molar refractivity (Wildman–Crippen MR) is 88.1 cm³/mol. The second-order valence-corrected chi connectivity index (χ2v) is 5.99. The Kier molecular flexibility index (Phi) is 3.53. The van der Waals surface area contributed by atoms with Gasteiger partial charge in [0.1, 0.15) is 10.5 Å². The third-order valence-electron chi connectivity index (χ3n) is 3.31. The number of non-ortho nitro benzene ring substituents is 1. The summed E-state index contributed by atoms with van der Waals surface area (Å²) in [5.41, 5.74) is -1.04. The average molecular weight is 399 g/mol. The molecule has 1 heterocycles. The van der Waals surface area contributed by atoms with Gasteiger partial charge in [-0.25, -0.2) is 0 Å². The molecule has 0 amide bonds. The van der Waals surface area contributed by atoms with Crippen LogP contribution in [-0.4, -0.2) is 14.8 Å².